The van der Waals surface area contributed by atoms with Crippen molar-refractivity contribution >= 4 is 0 Å². The molecule has 0 bridgehead atoms. The summed E-state index contributed by atoms with van der Waals surface area (Å²) in [6.45, 7) is 8.63. The Balaban J connectivity index is 2.81. The summed E-state index contributed by atoms with van der Waals surface area (Å²) in [6.07, 6.45) is 3.22. The summed E-state index contributed by atoms with van der Waals surface area (Å²) in [4.78, 5) is 0. The third-order valence-electron chi connectivity index (χ3n) is 3.93. The standard InChI is InChI=1S/C17H30N2O/c1-4-8-20-16-6-7-17(13(3)9-16)15(5-2)10-14(11-18)12-19/h6-7,9,14-15H,4-5,8,10-12,18-19H2,1-3H3. The molecule has 0 saturated carbocycles. The van der Waals surface area contributed by atoms with Crippen LogP contribution in [0.2, 0.25) is 0 Å². The summed E-state index contributed by atoms with van der Waals surface area (Å²) in [5, 5.41) is 0. The second-order valence-corrected chi connectivity index (χ2v) is 5.55. The predicted molar refractivity (Wildman–Crippen MR) is 86.2 cm³/mol. The summed E-state index contributed by atoms with van der Waals surface area (Å²) in [5.74, 6) is 1.92. The Hall–Kier alpha value is -1.06. The van der Waals surface area contributed by atoms with E-state index in [4.69, 9.17) is 16.2 Å². The molecule has 0 amide bonds. The molecule has 0 aliphatic carbocycles. The van der Waals surface area contributed by atoms with Crippen LogP contribution in [0.25, 0.3) is 0 Å². The second kappa shape index (κ2) is 8.98. The molecule has 1 unspecified atom stereocenters. The zero-order chi connectivity index (χ0) is 15.0. The van der Waals surface area contributed by atoms with Crippen molar-refractivity contribution in [1.29, 1.82) is 0 Å². The summed E-state index contributed by atoms with van der Waals surface area (Å²) < 4.78 is 5.69. The molecule has 114 valence electrons. The lowest BCUT2D eigenvalue weighted by atomic mass is 9.85. The van der Waals surface area contributed by atoms with Crippen LogP contribution in [0.3, 0.4) is 0 Å². The van der Waals surface area contributed by atoms with Gasteiger partial charge in [0.15, 0.2) is 0 Å². The monoisotopic (exact) mass is 278 g/mol. The number of hydrogen-bond acceptors (Lipinski definition) is 3. The first-order valence-electron chi connectivity index (χ1n) is 7.79. The van der Waals surface area contributed by atoms with E-state index in [-0.39, 0.29) is 0 Å². The normalized spacial score (nSPS) is 12.7. The smallest absolute Gasteiger partial charge is 0.119 e. The Kier molecular flexibility index (Phi) is 7.63. The van der Waals surface area contributed by atoms with Crippen molar-refractivity contribution in [2.45, 2.75) is 46.0 Å². The fourth-order valence-electron chi connectivity index (χ4n) is 2.62. The van der Waals surface area contributed by atoms with Crippen molar-refractivity contribution in [3.63, 3.8) is 0 Å². The van der Waals surface area contributed by atoms with Crippen LogP contribution < -0.4 is 16.2 Å². The van der Waals surface area contributed by atoms with Crippen molar-refractivity contribution in [3.8, 4) is 5.75 Å². The lowest BCUT2D eigenvalue weighted by Crippen LogP contribution is -2.25. The van der Waals surface area contributed by atoms with Gasteiger partial charge in [-0.2, -0.15) is 0 Å². The highest BCUT2D eigenvalue weighted by Crippen LogP contribution is 2.31. The van der Waals surface area contributed by atoms with E-state index in [1.54, 1.807) is 0 Å². The van der Waals surface area contributed by atoms with Gasteiger partial charge in [0.2, 0.25) is 0 Å². The summed E-state index contributed by atoms with van der Waals surface area (Å²) >= 11 is 0. The van der Waals surface area contributed by atoms with Gasteiger partial charge in [0.1, 0.15) is 5.75 Å². The van der Waals surface area contributed by atoms with Crippen LogP contribution in [0, 0.1) is 12.8 Å². The summed E-state index contributed by atoms with van der Waals surface area (Å²) in [6, 6.07) is 6.44. The number of nitrogens with two attached hydrogens (primary N) is 2. The quantitative estimate of drug-likeness (QED) is 0.729. The number of hydrogen-bond donors (Lipinski definition) is 2. The maximum Gasteiger partial charge on any atom is 0.119 e. The largest absolute Gasteiger partial charge is 0.494 e. The molecule has 0 heterocycles. The number of ether oxygens (including phenoxy) is 1. The SMILES string of the molecule is CCCOc1ccc(C(CC)CC(CN)CN)c(C)c1. The van der Waals surface area contributed by atoms with Crippen molar-refractivity contribution < 1.29 is 4.74 Å². The molecule has 4 N–H and O–H groups in total. The Labute approximate surface area is 123 Å². The lowest BCUT2D eigenvalue weighted by molar-refractivity contribution is 0.317. The molecule has 0 saturated heterocycles. The lowest BCUT2D eigenvalue weighted by Gasteiger charge is -2.23. The number of benzene rings is 1. The number of aryl methyl sites for hydroxylation is 1. The first-order chi connectivity index (χ1) is 9.65. The van der Waals surface area contributed by atoms with E-state index >= 15 is 0 Å². The molecule has 1 aromatic rings. The van der Waals surface area contributed by atoms with Gasteiger partial charge < -0.3 is 16.2 Å². The topological polar surface area (TPSA) is 61.3 Å². The minimum Gasteiger partial charge on any atom is -0.494 e. The average Bonchev–Trinajstić information content (AvgIpc) is 2.47. The fraction of sp³-hybridized carbons (Fsp3) is 0.647. The molecule has 0 fully saturated rings. The zero-order valence-electron chi connectivity index (χ0n) is 13.2. The van der Waals surface area contributed by atoms with Crippen molar-refractivity contribution in [2.75, 3.05) is 19.7 Å². The predicted octanol–water partition coefficient (Wildman–Crippen LogP) is 3.20. The van der Waals surface area contributed by atoms with Crippen molar-refractivity contribution in [2.24, 2.45) is 17.4 Å². The Morgan fingerprint density at radius 2 is 1.85 bits per heavy atom. The highest BCUT2D eigenvalue weighted by molar-refractivity contribution is 5.37. The van der Waals surface area contributed by atoms with Gasteiger partial charge in [-0.25, -0.2) is 0 Å². The van der Waals surface area contributed by atoms with Crippen molar-refractivity contribution in [3.05, 3.63) is 29.3 Å². The minimum atomic E-state index is 0.412. The number of rotatable bonds is 9. The molecular weight excluding hydrogens is 248 g/mol. The van der Waals surface area contributed by atoms with E-state index in [0.29, 0.717) is 24.9 Å². The molecule has 1 rings (SSSR count). The molecule has 3 nitrogen and oxygen atoms in total. The third-order valence-corrected chi connectivity index (χ3v) is 3.93. The van der Waals surface area contributed by atoms with Crippen LogP contribution in [0.15, 0.2) is 18.2 Å². The Morgan fingerprint density at radius 1 is 1.15 bits per heavy atom. The molecule has 0 radical (unpaired) electrons. The van der Waals surface area contributed by atoms with E-state index in [1.807, 2.05) is 0 Å². The highest BCUT2D eigenvalue weighted by Gasteiger charge is 2.17. The molecule has 0 aliphatic rings. The second-order valence-electron chi connectivity index (χ2n) is 5.55. The first kappa shape index (κ1) is 17.0. The van der Waals surface area contributed by atoms with E-state index in [0.717, 1.165) is 31.6 Å². The van der Waals surface area contributed by atoms with E-state index < -0.39 is 0 Å². The van der Waals surface area contributed by atoms with Gasteiger partial charge in [-0.3, -0.25) is 0 Å². The van der Waals surface area contributed by atoms with E-state index in [2.05, 4.69) is 39.0 Å². The third kappa shape index (κ3) is 4.80. The molecule has 0 spiro atoms. The fourth-order valence-corrected chi connectivity index (χ4v) is 2.62. The molecule has 1 atom stereocenters. The van der Waals surface area contributed by atoms with Gasteiger partial charge >= 0.3 is 0 Å². The molecule has 0 aromatic heterocycles. The molecule has 3 heteroatoms. The van der Waals surface area contributed by atoms with E-state index in [1.165, 1.54) is 11.1 Å². The Bertz CT molecular complexity index is 389. The molecule has 0 aliphatic heterocycles. The van der Waals surface area contributed by atoms with Gasteiger partial charge in [0.05, 0.1) is 6.61 Å². The van der Waals surface area contributed by atoms with Gasteiger partial charge in [-0.1, -0.05) is 19.9 Å². The summed E-state index contributed by atoms with van der Waals surface area (Å²) in [5.41, 5.74) is 14.3. The molecular formula is C17H30N2O. The van der Waals surface area contributed by atoms with Crippen LogP contribution in [-0.4, -0.2) is 19.7 Å². The first-order valence-corrected chi connectivity index (χ1v) is 7.79. The molecule has 20 heavy (non-hydrogen) atoms. The highest BCUT2D eigenvalue weighted by atomic mass is 16.5. The van der Waals surface area contributed by atoms with Gasteiger partial charge in [0, 0.05) is 0 Å². The van der Waals surface area contributed by atoms with Crippen LogP contribution in [0.4, 0.5) is 0 Å². The van der Waals surface area contributed by atoms with E-state index in [9.17, 15) is 0 Å². The van der Waals surface area contributed by atoms with Crippen molar-refractivity contribution in [1.82, 2.24) is 0 Å². The van der Waals surface area contributed by atoms with Gasteiger partial charge in [-0.15, -0.1) is 0 Å². The van der Waals surface area contributed by atoms with Gasteiger partial charge in [-0.05, 0) is 74.4 Å². The van der Waals surface area contributed by atoms with Crippen LogP contribution in [-0.2, 0) is 0 Å². The maximum atomic E-state index is 5.78. The van der Waals surface area contributed by atoms with Crippen LogP contribution in [0.1, 0.15) is 50.2 Å². The van der Waals surface area contributed by atoms with Crippen LogP contribution >= 0.6 is 0 Å². The summed E-state index contributed by atoms with van der Waals surface area (Å²) in [7, 11) is 0. The average molecular weight is 278 g/mol. The minimum absolute atomic E-state index is 0.412. The Morgan fingerprint density at radius 3 is 2.35 bits per heavy atom. The molecule has 1 aromatic carbocycles. The maximum absolute atomic E-state index is 5.78. The van der Waals surface area contributed by atoms with Gasteiger partial charge in [0.25, 0.3) is 0 Å². The zero-order valence-corrected chi connectivity index (χ0v) is 13.2. The van der Waals surface area contributed by atoms with Crippen LogP contribution in [0.5, 0.6) is 5.75 Å².